The van der Waals surface area contributed by atoms with Gasteiger partial charge in [-0.3, -0.25) is 0 Å². The van der Waals surface area contributed by atoms with Gasteiger partial charge >= 0.3 is 0 Å². The maximum atomic E-state index is 5.22. The quantitative estimate of drug-likeness (QED) is 0.896. The van der Waals surface area contributed by atoms with Crippen LogP contribution in [0.25, 0.3) is 0 Å². The SMILES string of the molecule is CCNCC1CCN(c2ncc(Br)c(OC)n2)CC1. The van der Waals surface area contributed by atoms with Crippen LogP contribution in [0, 0.1) is 5.92 Å². The Bertz CT molecular complexity index is 408. The first-order valence-corrected chi connectivity index (χ1v) is 7.56. The highest BCUT2D eigenvalue weighted by molar-refractivity contribution is 9.10. The van der Waals surface area contributed by atoms with Gasteiger partial charge in [0.2, 0.25) is 11.8 Å². The first-order valence-electron chi connectivity index (χ1n) is 6.76. The van der Waals surface area contributed by atoms with Gasteiger partial charge in [-0.1, -0.05) is 6.92 Å². The minimum atomic E-state index is 0.597. The van der Waals surface area contributed by atoms with E-state index in [0.29, 0.717) is 5.88 Å². The lowest BCUT2D eigenvalue weighted by molar-refractivity contribution is 0.377. The summed E-state index contributed by atoms with van der Waals surface area (Å²) in [7, 11) is 1.62. The van der Waals surface area contributed by atoms with Crippen molar-refractivity contribution >= 4 is 21.9 Å². The van der Waals surface area contributed by atoms with Gasteiger partial charge in [-0.15, -0.1) is 0 Å². The number of ether oxygens (including phenoxy) is 1. The van der Waals surface area contributed by atoms with E-state index < -0.39 is 0 Å². The van der Waals surface area contributed by atoms with Gasteiger partial charge in [0.05, 0.1) is 17.8 Å². The molecule has 0 atom stereocenters. The van der Waals surface area contributed by atoms with Crippen LogP contribution in [-0.2, 0) is 0 Å². The molecule has 1 aromatic heterocycles. The third kappa shape index (κ3) is 3.79. The fourth-order valence-electron chi connectivity index (χ4n) is 2.32. The number of hydrogen-bond donors (Lipinski definition) is 1. The molecule has 0 aromatic carbocycles. The molecule has 0 spiro atoms. The molecular formula is C13H21BrN4O. The van der Waals surface area contributed by atoms with Gasteiger partial charge in [0.15, 0.2) is 0 Å². The standard InChI is InChI=1S/C13H21BrN4O/c1-3-15-8-10-4-6-18(7-5-10)13-16-9-11(14)12(17-13)19-2/h9-10,15H,3-8H2,1-2H3. The molecule has 6 heteroatoms. The molecule has 0 saturated carbocycles. The fraction of sp³-hybridized carbons (Fsp3) is 0.692. The molecule has 19 heavy (non-hydrogen) atoms. The molecule has 0 radical (unpaired) electrons. The Balaban J connectivity index is 1.94. The average molecular weight is 329 g/mol. The molecule has 0 unspecified atom stereocenters. The highest BCUT2D eigenvalue weighted by Gasteiger charge is 2.21. The van der Waals surface area contributed by atoms with E-state index in [4.69, 9.17) is 4.74 Å². The minimum absolute atomic E-state index is 0.597. The normalized spacial score (nSPS) is 16.7. The number of nitrogens with one attached hydrogen (secondary N) is 1. The van der Waals surface area contributed by atoms with Gasteiger partial charge in [-0.2, -0.15) is 4.98 Å². The fourth-order valence-corrected chi connectivity index (χ4v) is 2.68. The highest BCUT2D eigenvalue weighted by Crippen LogP contribution is 2.25. The number of methoxy groups -OCH3 is 1. The Hall–Kier alpha value is -0.880. The molecular weight excluding hydrogens is 308 g/mol. The van der Waals surface area contributed by atoms with E-state index in [0.717, 1.165) is 42.5 Å². The minimum Gasteiger partial charge on any atom is -0.480 e. The van der Waals surface area contributed by atoms with Crippen molar-refractivity contribution < 1.29 is 4.74 Å². The molecule has 5 nitrogen and oxygen atoms in total. The van der Waals surface area contributed by atoms with E-state index in [-0.39, 0.29) is 0 Å². The second-order valence-electron chi connectivity index (χ2n) is 4.77. The average Bonchev–Trinajstić information content (AvgIpc) is 2.46. The number of rotatable bonds is 5. The van der Waals surface area contributed by atoms with Gasteiger partial charge in [0, 0.05) is 13.1 Å². The zero-order chi connectivity index (χ0) is 13.7. The molecule has 2 rings (SSSR count). The van der Waals surface area contributed by atoms with Gasteiger partial charge in [0.25, 0.3) is 0 Å². The Morgan fingerprint density at radius 3 is 2.84 bits per heavy atom. The number of hydrogen-bond acceptors (Lipinski definition) is 5. The van der Waals surface area contributed by atoms with Gasteiger partial charge in [-0.05, 0) is 47.8 Å². The van der Waals surface area contributed by atoms with Crippen molar-refractivity contribution in [2.24, 2.45) is 5.92 Å². The number of anilines is 1. The van der Waals surface area contributed by atoms with E-state index in [1.54, 1.807) is 13.3 Å². The molecule has 1 aliphatic heterocycles. The zero-order valence-electron chi connectivity index (χ0n) is 11.5. The monoisotopic (exact) mass is 328 g/mol. The van der Waals surface area contributed by atoms with Crippen LogP contribution in [0.2, 0.25) is 0 Å². The Kier molecular flexibility index (Phi) is 5.39. The summed E-state index contributed by atoms with van der Waals surface area (Å²) in [5.41, 5.74) is 0. The van der Waals surface area contributed by atoms with Crippen molar-refractivity contribution in [1.82, 2.24) is 15.3 Å². The predicted octanol–water partition coefficient (Wildman–Crippen LogP) is 2.07. The van der Waals surface area contributed by atoms with Crippen molar-refractivity contribution in [3.63, 3.8) is 0 Å². The molecule has 0 aliphatic carbocycles. The van der Waals surface area contributed by atoms with Crippen LogP contribution in [0.4, 0.5) is 5.95 Å². The number of aromatic nitrogens is 2. The second-order valence-corrected chi connectivity index (χ2v) is 5.62. The lowest BCUT2D eigenvalue weighted by Crippen LogP contribution is -2.38. The first kappa shape index (κ1) is 14.5. The second kappa shape index (κ2) is 7.05. The van der Waals surface area contributed by atoms with Crippen molar-refractivity contribution in [1.29, 1.82) is 0 Å². The van der Waals surface area contributed by atoms with Gasteiger partial charge in [0.1, 0.15) is 0 Å². The molecule has 1 N–H and O–H groups in total. The topological polar surface area (TPSA) is 50.3 Å². The molecule has 1 fully saturated rings. The Labute approximate surface area is 122 Å². The van der Waals surface area contributed by atoms with E-state index in [1.807, 2.05) is 0 Å². The molecule has 1 saturated heterocycles. The number of halogens is 1. The van der Waals surface area contributed by atoms with Crippen molar-refractivity contribution in [3.8, 4) is 5.88 Å². The Morgan fingerprint density at radius 1 is 1.47 bits per heavy atom. The van der Waals surface area contributed by atoms with Gasteiger partial charge < -0.3 is 15.0 Å². The lowest BCUT2D eigenvalue weighted by atomic mass is 9.97. The van der Waals surface area contributed by atoms with Gasteiger partial charge in [-0.25, -0.2) is 4.98 Å². The number of piperidine rings is 1. The third-order valence-corrected chi connectivity index (χ3v) is 4.02. The molecule has 2 heterocycles. The smallest absolute Gasteiger partial charge is 0.232 e. The molecule has 0 amide bonds. The summed E-state index contributed by atoms with van der Waals surface area (Å²) in [5, 5.41) is 3.42. The van der Waals surface area contributed by atoms with Crippen LogP contribution >= 0.6 is 15.9 Å². The van der Waals surface area contributed by atoms with E-state index in [2.05, 4.69) is 43.0 Å². The number of nitrogens with zero attached hydrogens (tertiary/aromatic N) is 3. The summed E-state index contributed by atoms with van der Waals surface area (Å²) >= 11 is 3.38. The predicted molar refractivity (Wildman–Crippen MR) is 79.8 cm³/mol. The van der Waals surface area contributed by atoms with Crippen LogP contribution in [0.3, 0.4) is 0 Å². The highest BCUT2D eigenvalue weighted by atomic mass is 79.9. The largest absolute Gasteiger partial charge is 0.480 e. The lowest BCUT2D eigenvalue weighted by Gasteiger charge is -2.32. The summed E-state index contributed by atoms with van der Waals surface area (Å²) < 4.78 is 6.01. The maximum Gasteiger partial charge on any atom is 0.232 e. The van der Waals surface area contributed by atoms with Crippen molar-refractivity contribution in [2.75, 3.05) is 38.2 Å². The molecule has 1 aliphatic rings. The maximum absolute atomic E-state index is 5.22. The zero-order valence-corrected chi connectivity index (χ0v) is 13.1. The Morgan fingerprint density at radius 2 is 2.21 bits per heavy atom. The van der Waals surface area contributed by atoms with E-state index in [9.17, 15) is 0 Å². The van der Waals surface area contributed by atoms with Crippen LogP contribution in [0.15, 0.2) is 10.7 Å². The molecule has 0 bridgehead atoms. The van der Waals surface area contributed by atoms with Crippen LogP contribution in [0.1, 0.15) is 19.8 Å². The summed E-state index contributed by atoms with van der Waals surface area (Å²) in [5.74, 6) is 2.13. The summed E-state index contributed by atoms with van der Waals surface area (Å²) in [6.45, 7) is 6.35. The summed E-state index contributed by atoms with van der Waals surface area (Å²) in [6, 6.07) is 0. The van der Waals surface area contributed by atoms with E-state index >= 15 is 0 Å². The van der Waals surface area contributed by atoms with Crippen LogP contribution in [-0.4, -0.2) is 43.3 Å². The van der Waals surface area contributed by atoms with Crippen LogP contribution in [0.5, 0.6) is 5.88 Å². The third-order valence-electron chi connectivity index (χ3n) is 3.47. The van der Waals surface area contributed by atoms with Crippen molar-refractivity contribution in [2.45, 2.75) is 19.8 Å². The summed E-state index contributed by atoms with van der Waals surface area (Å²) in [6.07, 6.45) is 4.13. The summed E-state index contributed by atoms with van der Waals surface area (Å²) in [4.78, 5) is 11.0. The van der Waals surface area contributed by atoms with E-state index in [1.165, 1.54) is 12.8 Å². The van der Waals surface area contributed by atoms with Crippen LogP contribution < -0.4 is 15.0 Å². The molecule has 106 valence electrons. The first-order chi connectivity index (χ1) is 9.24. The molecule has 1 aromatic rings. The van der Waals surface area contributed by atoms with Crippen molar-refractivity contribution in [3.05, 3.63) is 10.7 Å².